The average Bonchev–Trinajstić information content (AvgIpc) is 2.63. The lowest BCUT2D eigenvalue weighted by atomic mass is 10.1. The SMILES string of the molecule is Cc1csc(CC(N)Cc2ccnc(N)c2)n1. The van der Waals surface area contributed by atoms with Gasteiger partial charge in [-0.05, 0) is 31.0 Å². The third-order valence-electron chi connectivity index (χ3n) is 2.45. The van der Waals surface area contributed by atoms with E-state index in [-0.39, 0.29) is 6.04 Å². The number of nitrogens with two attached hydrogens (primary N) is 2. The molecular formula is C12H16N4S. The van der Waals surface area contributed by atoms with Crippen LogP contribution in [0.4, 0.5) is 5.82 Å². The maximum Gasteiger partial charge on any atom is 0.123 e. The Bertz CT molecular complexity index is 495. The maximum absolute atomic E-state index is 6.10. The minimum absolute atomic E-state index is 0.0716. The lowest BCUT2D eigenvalue weighted by molar-refractivity contribution is 0.661. The van der Waals surface area contributed by atoms with Gasteiger partial charge in [-0.3, -0.25) is 0 Å². The Kier molecular flexibility index (Phi) is 3.71. The molecule has 1 atom stereocenters. The van der Waals surface area contributed by atoms with Crippen molar-refractivity contribution in [1.82, 2.24) is 9.97 Å². The highest BCUT2D eigenvalue weighted by Gasteiger charge is 2.08. The van der Waals surface area contributed by atoms with Gasteiger partial charge in [0.2, 0.25) is 0 Å². The summed E-state index contributed by atoms with van der Waals surface area (Å²) >= 11 is 1.66. The predicted octanol–water partition coefficient (Wildman–Crippen LogP) is 1.54. The smallest absolute Gasteiger partial charge is 0.123 e. The maximum atomic E-state index is 6.10. The van der Waals surface area contributed by atoms with Crippen molar-refractivity contribution in [2.24, 2.45) is 5.73 Å². The number of nitrogen functional groups attached to an aromatic ring is 1. The van der Waals surface area contributed by atoms with Crippen molar-refractivity contribution >= 4 is 17.2 Å². The van der Waals surface area contributed by atoms with Gasteiger partial charge in [0.25, 0.3) is 0 Å². The quantitative estimate of drug-likeness (QED) is 0.860. The first-order valence-corrected chi connectivity index (χ1v) is 6.38. The number of rotatable bonds is 4. The molecule has 4 N–H and O–H groups in total. The van der Waals surface area contributed by atoms with E-state index >= 15 is 0 Å². The monoisotopic (exact) mass is 248 g/mol. The van der Waals surface area contributed by atoms with Crippen LogP contribution >= 0.6 is 11.3 Å². The molecule has 4 nitrogen and oxygen atoms in total. The molecule has 0 bridgehead atoms. The van der Waals surface area contributed by atoms with E-state index in [0.717, 1.165) is 29.1 Å². The second-order valence-corrected chi connectivity index (χ2v) is 5.08. The Morgan fingerprint density at radius 2 is 2.24 bits per heavy atom. The van der Waals surface area contributed by atoms with Crippen LogP contribution in [0.1, 0.15) is 16.3 Å². The van der Waals surface area contributed by atoms with Crippen LogP contribution in [0.15, 0.2) is 23.7 Å². The molecule has 2 aromatic rings. The number of hydrogen-bond acceptors (Lipinski definition) is 5. The van der Waals surface area contributed by atoms with Crippen LogP contribution in [0, 0.1) is 6.92 Å². The highest BCUT2D eigenvalue weighted by Crippen LogP contribution is 2.13. The molecule has 90 valence electrons. The van der Waals surface area contributed by atoms with E-state index in [2.05, 4.69) is 9.97 Å². The summed E-state index contributed by atoms with van der Waals surface area (Å²) in [5, 5.41) is 3.14. The summed E-state index contributed by atoms with van der Waals surface area (Å²) < 4.78 is 0. The van der Waals surface area contributed by atoms with Gasteiger partial charge in [0, 0.05) is 29.7 Å². The molecule has 0 amide bonds. The standard InChI is InChI=1S/C12H16N4S/c1-8-7-17-12(16-8)6-10(13)4-9-2-3-15-11(14)5-9/h2-3,5,7,10H,4,6,13H2,1H3,(H2,14,15). The van der Waals surface area contributed by atoms with Gasteiger partial charge >= 0.3 is 0 Å². The molecule has 0 spiro atoms. The first kappa shape index (κ1) is 12.0. The van der Waals surface area contributed by atoms with E-state index in [1.54, 1.807) is 17.5 Å². The highest BCUT2D eigenvalue weighted by atomic mass is 32.1. The summed E-state index contributed by atoms with van der Waals surface area (Å²) in [6.45, 7) is 2.00. The number of pyridine rings is 1. The van der Waals surface area contributed by atoms with Gasteiger partial charge in [-0.1, -0.05) is 0 Å². The molecule has 2 aromatic heterocycles. The van der Waals surface area contributed by atoms with Gasteiger partial charge < -0.3 is 11.5 Å². The van der Waals surface area contributed by atoms with Gasteiger partial charge in [-0.15, -0.1) is 11.3 Å². The van der Waals surface area contributed by atoms with E-state index in [1.165, 1.54) is 0 Å². The van der Waals surface area contributed by atoms with Crippen molar-refractivity contribution < 1.29 is 0 Å². The van der Waals surface area contributed by atoms with Crippen LogP contribution < -0.4 is 11.5 Å². The molecule has 0 aromatic carbocycles. The fraction of sp³-hybridized carbons (Fsp3) is 0.333. The van der Waals surface area contributed by atoms with Crippen molar-refractivity contribution in [3.8, 4) is 0 Å². The molecule has 0 saturated carbocycles. The van der Waals surface area contributed by atoms with Crippen molar-refractivity contribution in [2.45, 2.75) is 25.8 Å². The number of nitrogens with zero attached hydrogens (tertiary/aromatic N) is 2. The van der Waals surface area contributed by atoms with Crippen LogP contribution in [0.2, 0.25) is 0 Å². The van der Waals surface area contributed by atoms with Crippen LogP contribution in [-0.2, 0) is 12.8 Å². The molecule has 5 heteroatoms. The summed E-state index contributed by atoms with van der Waals surface area (Å²) in [6.07, 6.45) is 3.32. The summed E-state index contributed by atoms with van der Waals surface area (Å²) in [5.41, 5.74) is 13.9. The second kappa shape index (κ2) is 5.25. The van der Waals surface area contributed by atoms with E-state index in [1.807, 2.05) is 24.4 Å². The summed E-state index contributed by atoms with van der Waals surface area (Å²) in [5.74, 6) is 0.541. The molecular weight excluding hydrogens is 232 g/mol. The third kappa shape index (κ3) is 3.51. The van der Waals surface area contributed by atoms with Crippen molar-refractivity contribution in [3.05, 3.63) is 40.0 Å². The zero-order valence-electron chi connectivity index (χ0n) is 9.76. The molecule has 0 radical (unpaired) electrons. The number of anilines is 1. The van der Waals surface area contributed by atoms with Crippen LogP contribution in [0.5, 0.6) is 0 Å². The van der Waals surface area contributed by atoms with E-state index < -0.39 is 0 Å². The summed E-state index contributed by atoms with van der Waals surface area (Å²) in [6, 6.07) is 3.89. The van der Waals surface area contributed by atoms with E-state index in [0.29, 0.717) is 5.82 Å². The topological polar surface area (TPSA) is 77.8 Å². The third-order valence-corrected chi connectivity index (χ3v) is 3.44. The fourth-order valence-electron chi connectivity index (χ4n) is 1.72. The molecule has 2 rings (SSSR count). The lowest BCUT2D eigenvalue weighted by Gasteiger charge is -2.09. The normalized spacial score (nSPS) is 12.6. The van der Waals surface area contributed by atoms with Crippen LogP contribution in [0.3, 0.4) is 0 Å². The Labute approximate surface area is 105 Å². The highest BCUT2D eigenvalue weighted by molar-refractivity contribution is 7.09. The molecule has 17 heavy (non-hydrogen) atoms. The van der Waals surface area contributed by atoms with E-state index in [9.17, 15) is 0 Å². The van der Waals surface area contributed by atoms with Gasteiger partial charge in [-0.25, -0.2) is 9.97 Å². The van der Waals surface area contributed by atoms with E-state index in [4.69, 9.17) is 11.5 Å². The molecule has 2 heterocycles. The molecule has 0 aliphatic rings. The Balaban J connectivity index is 1.95. The zero-order valence-corrected chi connectivity index (χ0v) is 10.6. The number of aromatic nitrogens is 2. The van der Waals surface area contributed by atoms with Gasteiger partial charge in [0.1, 0.15) is 5.82 Å². The summed E-state index contributed by atoms with van der Waals surface area (Å²) in [7, 11) is 0. The van der Waals surface area contributed by atoms with Crippen molar-refractivity contribution in [1.29, 1.82) is 0 Å². The first-order valence-electron chi connectivity index (χ1n) is 5.50. The second-order valence-electron chi connectivity index (χ2n) is 4.14. The number of hydrogen-bond donors (Lipinski definition) is 2. The largest absolute Gasteiger partial charge is 0.384 e. The van der Waals surface area contributed by atoms with Gasteiger partial charge in [-0.2, -0.15) is 0 Å². The van der Waals surface area contributed by atoms with Crippen molar-refractivity contribution in [2.75, 3.05) is 5.73 Å². The summed E-state index contributed by atoms with van der Waals surface area (Å²) in [4.78, 5) is 8.37. The minimum Gasteiger partial charge on any atom is -0.384 e. The first-order chi connectivity index (χ1) is 8.13. The van der Waals surface area contributed by atoms with Crippen LogP contribution in [0.25, 0.3) is 0 Å². The Morgan fingerprint density at radius 1 is 1.41 bits per heavy atom. The minimum atomic E-state index is 0.0716. The molecule has 0 fully saturated rings. The lowest BCUT2D eigenvalue weighted by Crippen LogP contribution is -2.25. The van der Waals surface area contributed by atoms with Gasteiger partial charge in [0.05, 0.1) is 5.01 Å². The van der Waals surface area contributed by atoms with Crippen molar-refractivity contribution in [3.63, 3.8) is 0 Å². The number of aryl methyl sites for hydroxylation is 1. The molecule has 1 unspecified atom stereocenters. The Hall–Kier alpha value is -1.46. The molecule has 0 aliphatic heterocycles. The molecule has 0 saturated heterocycles. The average molecular weight is 248 g/mol. The van der Waals surface area contributed by atoms with Crippen LogP contribution in [-0.4, -0.2) is 16.0 Å². The van der Waals surface area contributed by atoms with Gasteiger partial charge in [0.15, 0.2) is 0 Å². The Morgan fingerprint density at radius 3 is 2.88 bits per heavy atom. The fourth-order valence-corrected chi connectivity index (χ4v) is 2.58. The zero-order chi connectivity index (χ0) is 12.3. The predicted molar refractivity (Wildman–Crippen MR) is 70.9 cm³/mol. The number of thiazole rings is 1. The molecule has 0 aliphatic carbocycles.